The minimum atomic E-state index is -0.762. The zero-order valence-electron chi connectivity index (χ0n) is 14.8. The first-order chi connectivity index (χ1) is 12.9. The summed E-state index contributed by atoms with van der Waals surface area (Å²) < 4.78 is 28.0. The maximum atomic E-state index is 12.8. The largest absolute Gasteiger partial charge is 0.493 e. The molecule has 0 spiro atoms. The van der Waals surface area contributed by atoms with Crippen molar-refractivity contribution in [2.45, 2.75) is 6.92 Å². The molecule has 0 radical (unpaired) electrons. The highest BCUT2D eigenvalue weighted by Gasteiger charge is 2.12. The van der Waals surface area contributed by atoms with Crippen molar-refractivity contribution in [2.24, 2.45) is 0 Å². The van der Waals surface area contributed by atoms with Crippen LogP contribution in [0.5, 0.6) is 11.5 Å². The SMILES string of the molecule is COc1cc(C(C)=O)ccc1OCC(=O)OCC(=O)Nc1ccc(F)cc1. The molecule has 8 heteroatoms. The number of Topliss-reactive ketones (excluding diaryl/α,β-unsaturated/α-hetero) is 1. The number of ketones is 1. The quantitative estimate of drug-likeness (QED) is 0.563. The Balaban J connectivity index is 1.81. The number of benzene rings is 2. The fourth-order valence-electron chi connectivity index (χ4n) is 2.06. The van der Waals surface area contributed by atoms with Gasteiger partial charge >= 0.3 is 5.97 Å². The number of hydrogen-bond donors (Lipinski definition) is 1. The third kappa shape index (κ3) is 6.10. The summed E-state index contributed by atoms with van der Waals surface area (Å²) in [5.74, 6) is -1.34. The topological polar surface area (TPSA) is 90.9 Å². The second-order valence-electron chi connectivity index (χ2n) is 5.43. The molecule has 0 aliphatic carbocycles. The second-order valence-corrected chi connectivity index (χ2v) is 5.43. The molecule has 142 valence electrons. The molecule has 27 heavy (non-hydrogen) atoms. The van der Waals surface area contributed by atoms with Crippen LogP contribution in [0.1, 0.15) is 17.3 Å². The number of rotatable bonds is 8. The van der Waals surface area contributed by atoms with Gasteiger partial charge in [0.05, 0.1) is 7.11 Å². The van der Waals surface area contributed by atoms with E-state index in [9.17, 15) is 18.8 Å². The Bertz CT molecular complexity index is 835. The van der Waals surface area contributed by atoms with E-state index in [1.807, 2.05) is 0 Å². The van der Waals surface area contributed by atoms with E-state index in [2.05, 4.69) is 5.32 Å². The van der Waals surface area contributed by atoms with Crippen molar-refractivity contribution < 1.29 is 33.0 Å². The first kappa shape index (κ1) is 19.9. The van der Waals surface area contributed by atoms with E-state index in [0.717, 1.165) is 0 Å². The van der Waals surface area contributed by atoms with Gasteiger partial charge in [-0.05, 0) is 49.4 Å². The van der Waals surface area contributed by atoms with Gasteiger partial charge in [0.2, 0.25) is 0 Å². The Morgan fingerprint density at radius 2 is 1.70 bits per heavy atom. The summed E-state index contributed by atoms with van der Waals surface area (Å²) in [4.78, 5) is 34.8. The van der Waals surface area contributed by atoms with Gasteiger partial charge in [0.15, 0.2) is 30.5 Å². The van der Waals surface area contributed by atoms with Crippen molar-refractivity contribution >= 4 is 23.3 Å². The fourth-order valence-corrected chi connectivity index (χ4v) is 2.06. The van der Waals surface area contributed by atoms with Gasteiger partial charge in [-0.1, -0.05) is 0 Å². The number of nitrogens with one attached hydrogen (secondary N) is 1. The van der Waals surface area contributed by atoms with Gasteiger partial charge in [0.1, 0.15) is 5.82 Å². The maximum absolute atomic E-state index is 12.8. The van der Waals surface area contributed by atoms with E-state index in [1.54, 1.807) is 6.07 Å². The summed E-state index contributed by atoms with van der Waals surface area (Å²) in [5, 5.41) is 2.46. The number of amides is 1. The van der Waals surface area contributed by atoms with Crippen molar-refractivity contribution in [3.63, 3.8) is 0 Å². The van der Waals surface area contributed by atoms with Crippen LogP contribution in [-0.4, -0.2) is 38.0 Å². The molecule has 0 atom stereocenters. The molecule has 0 aliphatic rings. The monoisotopic (exact) mass is 375 g/mol. The minimum absolute atomic E-state index is 0.133. The van der Waals surface area contributed by atoms with Crippen LogP contribution >= 0.6 is 0 Å². The number of ether oxygens (including phenoxy) is 3. The highest BCUT2D eigenvalue weighted by molar-refractivity contribution is 5.94. The first-order valence-corrected chi connectivity index (χ1v) is 7.92. The predicted molar refractivity (Wildman–Crippen MR) is 94.5 cm³/mol. The van der Waals surface area contributed by atoms with Crippen LogP contribution in [-0.2, 0) is 14.3 Å². The fraction of sp³-hybridized carbons (Fsp3) is 0.211. The molecule has 2 aromatic carbocycles. The Labute approximate surface area is 155 Å². The van der Waals surface area contributed by atoms with Crippen LogP contribution in [0.15, 0.2) is 42.5 Å². The summed E-state index contributed by atoms with van der Waals surface area (Å²) in [6, 6.07) is 9.70. The van der Waals surface area contributed by atoms with E-state index >= 15 is 0 Å². The lowest BCUT2D eigenvalue weighted by atomic mass is 10.1. The number of carbonyl (C=O) groups excluding carboxylic acids is 3. The lowest BCUT2D eigenvalue weighted by Gasteiger charge is -2.11. The van der Waals surface area contributed by atoms with Crippen molar-refractivity contribution in [3.05, 3.63) is 53.8 Å². The number of hydrogen-bond acceptors (Lipinski definition) is 6. The number of esters is 1. The van der Waals surface area contributed by atoms with E-state index in [0.29, 0.717) is 17.0 Å². The Hall–Kier alpha value is -3.42. The van der Waals surface area contributed by atoms with Crippen molar-refractivity contribution in [1.29, 1.82) is 0 Å². The normalized spacial score (nSPS) is 10.0. The van der Waals surface area contributed by atoms with Crippen molar-refractivity contribution in [3.8, 4) is 11.5 Å². The van der Waals surface area contributed by atoms with Gasteiger partial charge in [-0.15, -0.1) is 0 Å². The summed E-state index contributed by atoms with van der Waals surface area (Å²) in [6.07, 6.45) is 0. The number of methoxy groups -OCH3 is 1. The summed E-state index contributed by atoms with van der Waals surface area (Å²) in [5.41, 5.74) is 0.822. The number of halogens is 1. The van der Waals surface area contributed by atoms with Crippen molar-refractivity contribution in [1.82, 2.24) is 0 Å². The highest BCUT2D eigenvalue weighted by atomic mass is 19.1. The summed E-state index contributed by atoms with van der Waals surface area (Å²) in [7, 11) is 1.41. The molecule has 0 bridgehead atoms. The van der Waals surface area contributed by atoms with Gasteiger partial charge in [0.25, 0.3) is 5.91 Å². The van der Waals surface area contributed by atoms with Crippen LogP contribution in [0.3, 0.4) is 0 Å². The Morgan fingerprint density at radius 1 is 1.00 bits per heavy atom. The van der Waals surface area contributed by atoms with Gasteiger partial charge < -0.3 is 19.5 Å². The zero-order valence-corrected chi connectivity index (χ0v) is 14.8. The summed E-state index contributed by atoms with van der Waals surface area (Å²) in [6.45, 7) is 0.462. The minimum Gasteiger partial charge on any atom is -0.493 e. The molecule has 7 nitrogen and oxygen atoms in total. The molecule has 1 N–H and O–H groups in total. The molecule has 0 saturated heterocycles. The van der Waals surface area contributed by atoms with Gasteiger partial charge in [-0.2, -0.15) is 0 Å². The smallest absolute Gasteiger partial charge is 0.344 e. The molecule has 2 aromatic rings. The molecular formula is C19H18FNO6. The molecule has 2 rings (SSSR count). The molecule has 0 unspecified atom stereocenters. The molecule has 0 aliphatic heterocycles. The van der Waals surface area contributed by atoms with Crippen LogP contribution in [0.4, 0.5) is 10.1 Å². The van der Waals surface area contributed by atoms with Gasteiger partial charge in [-0.3, -0.25) is 9.59 Å². The first-order valence-electron chi connectivity index (χ1n) is 7.92. The van der Waals surface area contributed by atoms with E-state index < -0.39 is 30.9 Å². The third-order valence-electron chi connectivity index (χ3n) is 3.41. The van der Waals surface area contributed by atoms with E-state index in [-0.39, 0.29) is 11.5 Å². The highest BCUT2D eigenvalue weighted by Crippen LogP contribution is 2.28. The van der Waals surface area contributed by atoms with Crippen LogP contribution in [0.25, 0.3) is 0 Å². The Kier molecular flexibility index (Phi) is 6.87. The molecule has 1 amide bonds. The van der Waals surface area contributed by atoms with E-state index in [1.165, 1.54) is 50.4 Å². The molecule has 0 aromatic heterocycles. The lowest BCUT2D eigenvalue weighted by molar-refractivity contribution is -0.149. The van der Waals surface area contributed by atoms with Crippen molar-refractivity contribution in [2.75, 3.05) is 25.6 Å². The predicted octanol–water partition coefficient (Wildman–Crippen LogP) is 2.60. The van der Waals surface area contributed by atoms with Gasteiger partial charge in [0, 0.05) is 11.3 Å². The van der Waals surface area contributed by atoms with Crippen LogP contribution in [0, 0.1) is 5.82 Å². The lowest BCUT2D eigenvalue weighted by Crippen LogP contribution is -2.23. The number of carbonyl (C=O) groups is 3. The van der Waals surface area contributed by atoms with E-state index in [4.69, 9.17) is 14.2 Å². The molecule has 0 saturated carbocycles. The molecule has 0 heterocycles. The zero-order chi connectivity index (χ0) is 19.8. The average molecular weight is 375 g/mol. The van der Waals surface area contributed by atoms with Crippen LogP contribution < -0.4 is 14.8 Å². The van der Waals surface area contributed by atoms with Gasteiger partial charge in [-0.25, -0.2) is 9.18 Å². The maximum Gasteiger partial charge on any atom is 0.344 e. The second kappa shape index (κ2) is 9.33. The molecular weight excluding hydrogens is 357 g/mol. The Morgan fingerprint density at radius 3 is 2.33 bits per heavy atom. The standard InChI is InChI=1S/C19H18FNO6/c1-12(22)13-3-8-16(17(9-13)25-2)26-11-19(24)27-10-18(23)21-15-6-4-14(20)5-7-15/h3-9H,10-11H2,1-2H3,(H,21,23). The summed E-state index contributed by atoms with van der Waals surface area (Å²) >= 11 is 0. The van der Waals surface area contributed by atoms with Crippen LogP contribution in [0.2, 0.25) is 0 Å². The molecule has 0 fully saturated rings. The number of anilines is 1. The third-order valence-corrected chi connectivity index (χ3v) is 3.41. The average Bonchev–Trinajstić information content (AvgIpc) is 2.66.